The van der Waals surface area contributed by atoms with Gasteiger partial charge in [-0.3, -0.25) is 0 Å². The second-order valence-electron chi connectivity index (χ2n) is 4.59. The molecule has 0 N–H and O–H groups in total. The van der Waals surface area contributed by atoms with Crippen molar-refractivity contribution in [3.63, 3.8) is 0 Å². The molecule has 1 aromatic rings. The fourth-order valence-electron chi connectivity index (χ4n) is 2.57. The Labute approximate surface area is 107 Å². The van der Waals surface area contributed by atoms with E-state index in [0.29, 0.717) is 0 Å². The molecule has 1 atom stereocenters. The molecule has 1 nitrogen and oxygen atoms in total. The van der Waals surface area contributed by atoms with Crippen molar-refractivity contribution in [2.45, 2.75) is 25.7 Å². The summed E-state index contributed by atoms with van der Waals surface area (Å²) in [6, 6.07) is 8.87. The average Bonchev–Trinajstić information content (AvgIpc) is 2.26. The smallest absolute Gasteiger partial charge is 0.0159 e. The molecule has 2 rings (SSSR count). The van der Waals surface area contributed by atoms with Gasteiger partial charge in [0.25, 0.3) is 0 Å². The Hall–Kier alpha value is -0.340. The van der Waals surface area contributed by atoms with E-state index in [0.717, 1.165) is 11.2 Å². The van der Waals surface area contributed by atoms with E-state index in [1.165, 1.54) is 32.5 Å². The molecule has 0 radical (unpaired) electrons. The SMILES string of the molecule is CCCN(CCBr)CC1Cc2ccccc21. The van der Waals surface area contributed by atoms with E-state index >= 15 is 0 Å². The number of hydrogen-bond donors (Lipinski definition) is 0. The molecule has 1 aliphatic rings. The minimum absolute atomic E-state index is 0.779. The minimum Gasteiger partial charge on any atom is -0.302 e. The van der Waals surface area contributed by atoms with Crippen LogP contribution in [0, 0.1) is 0 Å². The van der Waals surface area contributed by atoms with Gasteiger partial charge < -0.3 is 4.90 Å². The van der Waals surface area contributed by atoms with Gasteiger partial charge in [-0.05, 0) is 30.5 Å². The summed E-state index contributed by atoms with van der Waals surface area (Å²) in [5, 5.41) is 1.08. The highest BCUT2D eigenvalue weighted by Crippen LogP contribution is 2.35. The molecule has 0 saturated heterocycles. The van der Waals surface area contributed by atoms with Gasteiger partial charge in [-0.2, -0.15) is 0 Å². The van der Waals surface area contributed by atoms with E-state index in [2.05, 4.69) is 52.0 Å². The standard InChI is InChI=1S/C14H20BrN/c1-2-8-16(9-7-15)11-13-10-12-5-3-4-6-14(12)13/h3-6,13H,2,7-11H2,1H3. The summed E-state index contributed by atoms with van der Waals surface area (Å²) in [6.45, 7) is 5.89. The Kier molecular flexibility index (Phi) is 4.42. The monoisotopic (exact) mass is 281 g/mol. The number of rotatable bonds is 6. The molecule has 1 unspecified atom stereocenters. The summed E-state index contributed by atoms with van der Waals surface area (Å²) >= 11 is 3.54. The summed E-state index contributed by atoms with van der Waals surface area (Å²) in [7, 11) is 0. The van der Waals surface area contributed by atoms with Crippen LogP contribution in [0.15, 0.2) is 24.3 Å². The molecule has 0 amide bonds. The molecular formula is C14H20BrN. The van der Waals surface area contributed by atoms with Crippen molar-refractivity contribution in [1.29, 1.82) is 0 Å². The number of benzene rings is 1. The first kappa shape index (κ1) is 12.1. The molecule has 0 spiro atoms. The molecule has 88 valence electrons. The average molecular weight is 282 g/mol. The third kappa shape index (κ3) is 2.67. The van der Waals surface area contributed by atoms with Gasteiger partial charge in [0, 0.05) is 24.3 Å². The van der Waals surface area contributed by atoms with Crippen LogP contribution in [-0.4, -0.2) is 29.9 Å². The Morgan fingerprint density at radius 1 is 1.31 bits per heavy atom. The van der Waals surface area contributed by atoms with Crippen LogP contribution in [0.4, 0.5) is 0 Å². The summed E-state index contributed by atoms with van der Waals surface area (Å²) in [5.74, 6) is 0.779. The first-order chi connectivity index (χ1) is 7.85. The van der Waals surface area contributed by atoms with Gasteiger partial charge in [0.15, 0.2) is 0 Å². The molecule has 1 aromatic carbocycles. The molecule has 2 heteroatoms. The van der Waals surface area contributed by atoms with Crippen molar-refractivity contribution in [3.05, 3.63) is 35.4 Å². The van der Waals surface area contributed by atoms with E-state index in [1.54, 1.807) is 11.1 Å². The van der Waals surface area contributed by atoms with Crippen LogP contribution in [0.25, 0.3) is 0 Å². The van der Waals surface area contributed by atoms with Crippen LogP contribution in [-0.2, 0) is 6.42 Å². The quantitative estimate of drug-likeness (QED) is 0.722. The predicted molar refractivity (Wildman–Crippen MR) is 73.4 cm³/mol. The van der Waals surface area contributed by atoms with Gasteiger partial charge in [0.2, 0.25) is 0 Å². The number of fused-ring (bicyclic) bond motifs is 1. The third-order valence-corrected chi connectivity index (χ3v) is 3.74. The van der Waals surface area contributed by atoms with Crippen LogP contribution in [0.2, 0.25) is 0 Å². The lowest BCUT2D eigenvalue weighted by molar-refractivity contribution is 0.263. The van der Waals surface area contributed by atoms with Crippen LogP contribution >= 0.6 is 15.9 Å². The lowest BCUT2D eigenvalue weighted by Crippen LogP contribution is -2.35. The summed E-state index contributed by atoms with van der Waals surface area (Å²) < 4.78 is 0. The minimum atomic E-state index is 0.779. The lowest BCUT2D eigenvalue weighted by atomic mass is 9.77. The van der Waals surface area contributed by atoms with Crippen LogP contribution in [0.5, 0.6) is 0 Å². The molecule has 0 heterocycles. The summed E-state index contributed by atoms with van der Waals surface area (Å²) in [5.41, 5.74) is 3.14. The van der Waals surface area contributed by atoms with Crippen LogP contribution in [0.1, 0.15) is 30.4 Å². The molecule has 1 aliphatic carbocycles. The highest BCUT2D eigenvalue weighted by molar-refractivity contribution is 9.09. The topological polar surface area (TPSA) is 3.24 Å². The maximum Gasteiger partial charge on any atom is 0.0159 e. The van der Waals surface area contributed by atoms with E-state index in [9.17, 15) is 0 Å². The molecule has 0 fully saturated rings. The predicted octanol–water partition coefficient (Wildman–Crippen LogP) is 3.43. The van der Waals surface area contributed by atoms with Gasteiger partial charge in [0.1, 0.15) is 0 Å². The van der Waals surface area contributed by atoms with E-state index in [1.807, 2.05) is 0 Å². The fraction of sp³-hybridized carbons (Fsp3) is 0.571. The number of alkyl halides is 1. The molecule has 0 bridgehead atoms. The zero-order chi connectivity index (χ0) is 11.4. The zero-order valence-electron chi connectivity index (χ0n) is 9.95. The molecular weight excluding hydrogens is 262 g/mol. The molecule has 16 heavy (non-hydrogen) atoms. The van der Waals surface area contributed by atoms with Crippen LogP contribution in [0.3, 0.4) is 0 Å². The van der Waals surface area contributed by atoms with Crippen molar-refractivity contribution in [1.82, 2.24) is 4.90 Å². The Bertz CT molecular complexity index is 331. The second-order valence-corrected chi connectivity index (χ2v) is 5.38. The zero-order valence-corrected chi connectivity index (χ0v) is 11.5. The van der Waals surface area contributed by atoms with Gasteiger partial charge >= 0.3 is 0 Å². The Morgan fingerprint density at radius 2 is 2.12 bits per heavy atom. The van der Waals surface area contributed by atoms with Crippen molar-refractivity contribution < 1.29 is 0 Å². The number of hydrogen-bond acceptors (Lipinski definition) is 1. The van der Waals surface area contributed by atoms with Gasteiger partial charge in [-0.1, -0.05) is 47.1 Å². The highest BCUT2D eigenvalue weighted by atomic mass is 79.9. The molecule has 0 saturated carbocycles. The highest BCUT2D eigenvalue weighted by Gasteiger charge is 2.26. The molecule has 0 aromatic heterocycles. The van der Waals surface area contributed by atoms with E-state index in [4.69, 9.17) is 0 Å². The summed E-state index contributed by atoms with van der Waals surface area (Å²) in [4.78, 5) is 2.58. The first-order valence-corrected chi connectivity index (χ1v) is 7.33. The van der Waals surface area contributed by atoms with Crippen molar-refractivity contribution >= 4 is 15.9 Å². The van der Waals surface area contributed by atoms with Gasteiger partial charge in [0.05, 0.1) is 0 Å². The van der Waals surface area contributed by atoms with Crippen molar-refractivity contribution in [2.24, 2.45) is 0 Å². The normalized spacial score (nSPS) is 18.3. The number of nitrogens with zero attached hydrogens (tertiary/aromatic N) is 1. The van der Waals surface area contributed by atoms with E-state index in [-0.39, 0.29) is 0 Å². The molecule has 0 aliphatic heterocycles. The third-order valence-electron chi connectivity index (χ3n) is 3.38. The largest absolute Gasteiger partial charge is 0.302 e. The maximum absolute atomic E-state index is 3.54. The Morgan fingerprint density at radius 3 is 2.81 bits per heavy atom. The van der Waals surface area contributed by atoms with E-state index < -0.39 is 0 Å². The lowest BCUT2D eigenvalue weighted by Gasteiger charge is -2.34. The van der Waals surface area contributed by atoms with Gasteiger partial charge in [-0.15, -0.1) is 0 Å². The Balaban J connectivity index is 1.91. The summed E-state index contributed by atoms with van der Waals surface area (Å²) in [6.07, 6.45) is 2.53. The second kappa shape index (κ2) is 5.83. The van der Waals surface area contributed by atoms with Gasteiger partial charge in [-0.25, -0.2) is 0 Å². The van der Waals surface area contributed by atoms with Crippen molar-refractivity contribution in [2.75, 3.05) is 25.0 Å². The van der Waals surface area contributed by atoms with Crippen molar-refractivity contribution in [3.8, 4) is 0 Å². The van der Waals surface area contributed by atoms with Crippen LogP contribution < -0.4 is 0 Å². The maximum atomic E-state index is 3.54. The fourth-order valence-corrected chi connectivity index (χ4v) is 3.07. The number of halogens is 1. The first-order valence-electron chi connectivity index (χ1n) is 6.21.